The Balaban J connectivity index is 1.39. The van der Waals surface area contributed by atoms with E-state index in [0.29, 0.717) is 13.1 Å². The average molecular weight is 531 g/mol. The minimum atomic E-state index is -1.08. The molecule has 12 nitrogen and oxygen atoms in total. The number of hydrogen-bond acceptors (Lipinski definition) is 8. The summed E-state index contributed by atoms with van der Waals surface area (Å²) < 4.78 is 10.7. The van der Waals surface area contributed by atoms with Crippen LogP contribution in [0.4, 0.5) is 4.79 Å². The Morgan fingerprint density at radius 3 is 2.34 bits per heavy atom. The molecule has 0 spiro atoms. The van der Waals surface area contributed by atoms with E-state index < -0.39 is 41.4 Å². The third-order valence-corrected chi connectivity index (χ3v) is 5.88. The molecule has 206 valence electrons. The van der Waals surface area contributed by atoms with Crippen LogP contribution in [0.5, 0.6) is 5.75 Å². The highest BCUT2D eigenvalue weighted by Crippen LogP contribution is 2.33. The second-order valence-corrected chi connectivity index (χ2v) is 10.1. The van der Waals surface area contributed by atoms with Gasteiger partial charge in [0.15, 0.2) is 6.61 Å². The predicted molar refractivity (Wildman–Crippen MR) is 134 cm³/mol. The van der Waals surface area contributed by atoms with Gasteiger partial charge in [-0.05, 0) is 52.2 Å². The Kier molecular flexibility index (Phi) is 9.43. The van der Waals surface area contributed by atoms with Crippen molar-refractivity contribution in [2.45, 2.75) is 70.9 Å². The monoisotopic (exact) mass is 530 g/mol. The van der Waals surface area contributed by atoms with Crippen molar-refractivity contribution in [1.82, 2.24) is 20.9 Å². The summed E-state index contributed by atoms with van der Waals surface area (Å²) in [6.07, 6.45) is 2.90. The molecular formula is C26H34N4O8. The highest BCUT2D eigenvalue weighted by molar-refractivity contribution is 6.24. The number of ether oxygens (including phenoxy) is 2. The number of benzene rings is 1. The van der Waals surface area contributed by atoms with Gasteiger partial charge in [-0.1, -0.05) is 18.9 Å². The smallest absolute Gasteiger partial charge is 0.407 e. The first kappa shape index (κ1) is 28.6. The van der Waals surface area contributed by atoms with Crippen molar-refractivity contribution in [3.05, 3.63) is 29.3 Å². The fourth-order valence-corrected chi connectivity index (χ4v) is 4.13. The van der Waals surface area contributed by atoms with Crippen LogP contribution in [0.1, 0.15) is 80.0 Å². The van der Waals surface area contributed by atoms with Crippen molar-refractivity contribution in [1.29, 1.82) is 0 Å². The van der Waals surface area contributed by atoms with Gasteiger partial charge in [0.2, 0.25) is 11.8 Å². The molecule has 1 atom stereocenters. The Labute approximate surface area is 220 Å². The fourth-order valence-electron chi connectivity index (χ4n) is 4.13. The molecule has 1 saturated heterocycles. The van der Waals surface area contributed by atoms with E-state index in [9.17, 15) is 28.8 Å². The molecule has 3 N–H and O–H groups in total. The van der Waals surface area contributed by atoms with Gasteiger partial charge in [-0.2, -0.15) is 0 Å². The second kappa shape index (κ2) is 12.5. The molecule has 6 amide bonds. The zero-order valence-corrected chi connectivity index (χ0v) is 21.9. The van der Waals surface area contributed by atoms with E-state index in [1.807, 2.05) is 0 Å². The highest BCUT2D eigenvalue weighted by atomic mass is 16.6. The van der Waals surface area contributed by atoms with Gasteiger partial charge in [0.05, 0.1) is 11.1 Å². The van der Waals surface area contributed by atoms with Crippen molar-refractivity contribution >= 4 is 35.6 Å². The molecule has 0 saturated carbocycles. The molecule has 38 heavy (non-hydrogen) atoms. The summed E-state index contributed by atoms with van der Waals surface area (Å²) in [7, 11) is 0. The number of imide groups is 2. The average Bonchev–Trinajstić information content (AvgIpc) is 3.09. The molecule has 3 rings (SSSR count). The molecule has 0 bridgehead atoms. The van der Waals surface area contributed by atoms with Crippen molar-refractivity contribution in [2.24, 2.45) is 0 Å². The lowest BCUT2D eigenvalue weighted by Crippen LogP contribution is -2.54. The summed E-state index contributed by atoms with van der Waals surface area (Å²) in [5, 5.41) is 7.59. The number of carbonyl (C=O) groups excluding carboxylic acids is 6. The Morgan fingerprint density at radius 2 is 1.68 bits per heavy atom. The SMILES string of the molecule is CC(C)(C)OC(=O)NCCCCCCNC(=O)COc1cccc2c1C(=O)N(C1CCC(=O)NC1=O)C2=O. The van der Waals surface area contributed by atoms with Crippen LogP contribution in [-0.2, 0) is 19.1 Å². The summed E-state index contributed by atoms with van der Waals surface area (Å²) in [5.74, 6) is -2.80. The standard InChI is InChI=1S/C26H34N4O8/c1-26(2,3)38-25(36)28-14-7-5-4-6-13-27-20(32)15-37-18-10-8-9-16-21(18)24(35)30(23(16)34)17-11-12-19(31)29-22(17)33/h8-10,17H,4-7,11-15H2,1-3H3,(H,27,32)(H,28,36)(H,29,31,33). The summed E-state index contributed by atoms with van der Waals surface area (Å²) in [6, 6.07) is 3.39. The van der Waals surface area contributed by atoms with Gasteiger partial charge in [0.25, 0.3) is 17.7 Å². The van der Waals surface area contributed by atoms with Crippen LogP contribution in [0.15, 0.2) is 18.2 Å². The first-order chi connectivity index (χ1) is 18.0. The third kappa shape index (κ3) is 7.53. The summed E-state index contributed by atoms with van der Waals surface area (Å²) in [5.41, 5.74) is -0.455. The normalized spacial score (nSPS) is 17.1. The molecule has 1 fully saturated rings. The zero-order valence-electron chi connectivity index (χ0n) is 21.9. The molecule has 2 heterocycles. The predicted octanol–water partition coefficient (Wildman–Crippen LogP) is 1.67. The van der Waals surface area contributed by atoms with Gasteiger partial charge in [0.1, 0.15) is 17.4 Å². The van der Waals surface area contributed by atoms with Crippen LogP contribution in [-0.4, -0.2) is 71.9 Å². The third-order valence-electron chi connectivity index (χ3n) is 5.88. The largest absolute Gasteiger partial charge is 0.483 e. The second-order valence-electron chi connectivity index (χ2n) is 10.1. The van der Waals surface area contributed by atoms with E-state index in [1.54, 1.807) is 20.8 Å². The van der Waals surface area contributed by atoms with Gasteiger partial charge < -0.3 is 20.1 Å². The number of alkyl carbamates (subject to hydrolysis) is 1. The van der Waals surface area contributed by atoms with Crippen molar-refractivity contribution in [3.8, 4) is 5.75 Å². The van der Waals surface area contributed by atoms with Crippen molar-refractivity contribution < 1.29 is 38.2 Å². The van der Waals surface area contributed by atoms with Crippen LogP contribution in [0, 0.1) is 0 Å². The maximum atomic E-state index is 13.0. The van der Waals surface area contributed by atoms with Crippen LogP contribution in [0.2, 0.25) is 0 Å². The molecule has 0 aromatic heterocycles. The summed E-state index contributed by atoms with van der Waals surface area (Å²) in [6.45, 7) is 6.01. The van der Waals surface area contributed by atoms with E-state index in [2.05, 4.69) is 16.0 Å². The van der Waals surface area contributed by atoms with E-state index in [0.717, 1.165) is 30.6 Å². The molecule has 0 radical (unpaired) electrons. The number of carbonyl (C=O) groups is 6. The number of nitrogens with one attached hydrogen (secondary N) is 3. The Hall–Kier alpha value is -3.96. The maximum absolute atomic E-state index is 13.0. The molecule has 0 aliphatic carbocycles. The van der Waals surface area contributed by atoms with Crippen molar-refractivity contribution in [3.63, 3.8) is 0 Å². The first-order valence-corrected chi connectivity index (χ1v) is 12.7. The highest BCUT2D eigenvalue weighted by Gasteiger charge is 2.46. The number of fused-ring (bicyclic) bond motifs is 1. The zero-order chi connectivity index (χ0) is 27.9. The van der Waals surface area contributed by atoms with E-state index in [4.69, 9.17) is 9.47 Å². The van der Waals surface area contributed by atoms with Crippen molar-refractivity contribution in [2.75, 3.05) is 19.7 Å². The van der Waals surface area contributed by atoms with E-state index in [-0.39, 0.29) is 42.2 Å². The van der Waals surface area contributed by atoms with Crippen LogP contribution in [0.3, 0.4) is 0 Å². The molecule has 12 heteroatoms. The van der Waals surface area contributed by atoms with Gasteiger partial charge in [-0.15, -0.1) is 0 Å². The van der Waals surface area contributed by atoms with E-state index in [1.165, 1.54) is 18.2 Å². The minimum Gasteiger partial charge on any atom is -0.483 e. The number of piperidine rings is 1. The van der Waals surface area contributed by atoms with Crippen LogP contribution < -0.4 is 20.7 Å². The van der Waals surface area contributed by atoms with Gasteiger partial charge >= 0.3 is 6.09 Å². The molecule has 2 aliphatic heterocycles. The minimum absolute atomic E-state index is 0.00464. The topological polar surface area (TPSA) is 160 Å². The van der Waals surface area contributed by atoms with Gasteiger partial charge in [0, 0.05) is 19.5 Å². The number of rotatable bonds is 11. The Morgan fingerprint density at radius 1 is 1.00 bits per heavy atom. The van der Waals surface area contributed by atoms with Crippen LogP contribution in [0.25, 0.3) is 0 Å². The summed E-state index contributed by atoms with van der Waals surface area (Å²) in [4.78, 5) is 74.2. The lowest BCUT2D eigenvalue weighted by Gasteiger charge is -2.27. The molecule has 1 unspecified atom stereocenters. The number of nitrogens with zero attached hydrogens (tertiary/aromatic N) is 1. The lowest BCUT2D eigenvalue weighted by molar-refractivity contribution is -0.136. The number of amides is 6. The molecule has 1 aromatic rings. The Bertz CT molecular complexity index is 1110. The fraction of sp³-hybridized carbons (Fsp3) is 0.538. The van der Waals surface area contributed by atoms with Gasteiger partial charge in [-0.3, -0.25) is 34.2 Å². The molecule has 1 aromatic carbocycles. The van der Waals surface area contributed by atoms with Gasteiger partial charge in [-0.25, -0.2) is 4.79 Å². The van der Waals surface area contributed by atoms with Crippen LogP contribution >= 0.6 is 0 Å². The first-order valence-electron chi connectivity index (χ1n) is 12.7. The molecule has 2 aliphatic rings. The summed E-state index contributed by atoms with van der Waals surface area (Å²) >= 11 is 0. The maximum Gasteiger partial charge on any atom is 0.407 e. The quantitative estimate of drug-likeness (QED) is 0.288. The molecular weight excluding hydrogens is 496 g/mol. The lowest BCUT2D eigenvalue weighted by atomic mass is 10.0. The number of hydrogen-bond donors (Lipinski definition) is 3. The van der Waals surface area contributed by atoms with E-state index >= 15 is 0 Å². The number of unbranched alkanes of at least 4 members (excludes halogenated alkanes) is 3.